The van der Waals surface area contributed by atoms with Crippen LogP contribution in [0.2, 0.25) is 0 Å². The highest BCUT2D eigenvalue weighted by Gasteiger charge is 2.56. The molecule has 2 bridgehead atoms. The van der Waals surface area contributed by atoms with Gasteiger partial charge in [-0.05, 0) is 54.7 Å². The number of fused-ring (bicyclic) bond motifs is 5. The summed E-state index contributed by atoms with van der Waals surface area (Å²) in [6.45, 7) is 2.09. The molecule has 0 spiro atoms. The maximum absolute atomic E-state index is 14.4. The van der Waals surface area contributed by atoms with E-state index in [2.05, 4.69) is 10.2 Å². The van der Waals surface area contributed by atoms with Crippen LogP contribution in [-0.4, -0.2) is 53.7 Å². The van der Waals surface area contributed by atoms with E-state index in [1.54, 1.807) is 54.6 Å². The summed E-state index contributed by atoms with van der Waals surface area (Å²) in [7, 11) is 0. The van der Waals surface area contributed by atoms with Crippen LogP contribution in [0.25, 0.3) is 0 Å². The second-order valence-corrected chi connectivity index (χ2v) is 11.1. The molecule has 1 aromatic heterocycles. The van der Waals surface area contributed by atoms with Crippen LogP contribution >= 0.6 is 0 Å². The van der Waals surface area contributed by atoms with Crippen molar-refractivity contribution in [2.45, 2.75) is 25.3 Å². The van der Waals surface area contributed by atoms with Gasteiger partial charge in [0, 0.05) is 43.9 Å². The lowest BCUT2D eigenvalue weighted by Gasteiger charge is -2.47. The number of para-hydroxylation sites is 1. The lowest BCUT2D eigenvalue weighted by atomic mass is 9.75. The van der Waals surface area contributed by atoms with E-state index in [0.29, 0.717) is 36.8 Å². The number of carbonyl (C=O) groups is 3. The highest BCUT2D eigenvalue weighted by molar-refractivity contribution is 6.30. The summed E-state index contributed by atoms with van der Waals surface area (Å²) in [6.07, 6.45) is 1.02. The van der Waals surface area contributed by atoms with Crippen LogP contribution in [0.3, 0.4) is 0 Å². The molecule has 5 heterocycles. The Kier molecular flexibility index (Phi) is 5.74. The van der Waals surface area contributed by atoms with E-state index in [1.807, 2.05) is 16.7 Å². The number of carbonyl (C=O) groups excluding carboxylic acids is 3. The van der Waals surface area contributed by atoms with Gasteiger partial charge in [0.25, 0.3) is 11.5 Å². The summed E-state index contributed by atoms with van der Waals surface area (Å²) in [6, 6.07) is 18.7. The van der Waals surface area contributed by atoms with Gasteiger partial charge < -0.3 is 18.9 Å². The summed E-state index contributed by atoms with van der Waals surface area (Å²) in [5, 5.41) is 2.48. The molecule has 4 amide bonds. The Morgan fingerprint density at radius 3 is 2.55 bits per heavy atom. The molecule has 204 valence electrons. The number of barbiturate groups is 1. The number of aromatic nitrogens is 1. The highest BCUT2D eigenvalue weighted by atomic mass is 16.7. The maximum atomic E-state index is 14.4. The number of nitrogens with one attached hydrogen (secondary N) is 1. The first kappa shape index (κ1) is 24.6. The predicted octanol–water partition coefficient (Wildman–Crippen LogP) is 2.51. The van der Waals surface area contributed by atoms with Gasteiger partial charge in [0.05, 0.1) is 5.69 Å². The minimum Gasteiger partial charge on any atom is -0.454 e. The lowest BCUT2D eigenvalue weighted by Crippen LogP contribution is -2.68. The second-order valence-electron chi connectivity index (χ2n) is 11.1. The van der Waals surface area contributed by atoms with Gasteiger partial charge in [-0.15, -0.1) is 0 Å². The number of amides is 4. The molecule has 0 unspecified atom stereocenters. The molecule has 4 aliphatic rings. The first-order valence-electron chi connectivity index (χ1n) is 13.5. The van der Waals surface area contributed by atoms with E-state index in [9.17, 15) is 19.2 Å². The maximum Gasteiger partial charge on any atom is 0.335 e. The Balaban J connectivity index is 1.27. The number of benzene rings is 2. The summed E-state index contributed by atoms with van der Waals surface area (Å²) >= 11 is 0. The number of ether oxygens (including phenoxy) is 2. The summed E-state index contributed by atoms with van der Waals surface area (Å²) in [4.78, 5) is 57.0. The zero-order valence-electron chi connectivity index (χ0n) is 21.7. The lowest BCUT2D eigenvalue weighted by molar-refractivity contribution is -0.144. The largest absolute Gasteiger partial charge is 0.454 e. The molecule has 10 heteroatoms. The van der Waals surface area contributed by atoms with Gasteiger partial charge in [0.1, 0.15) is 5.41 Å². The van der Waals surface area contributed by atoms with Crippen molar-refractivity contribution in [1.82, 2.24) is 14.8 Å². The van der Waals surface area contributed by atoms with Crippen LogP contribution < -0.4 is 25.2 Å². The molecule has 10 nitrogen and oxygen atoms in total. The molecule has 2 saturated heterocycles. The van der Waals surface area contributed by atoms with Gasteiger partial charge in [0.15, 0.2) is 11.5 Å². The van der Waals surface area contributed by atoms with Gasteiger partial charge in [-0.2, -0.15) is 0 Å². The van der Waals surface area contributed by atoms with Crippen molar-refractivity contribution in [3.63, 3.8) is 0 Å². The standard InChI is InChI=1S/C30H28N4O6/c35-26-8-4-7-23-21-11-20(15-33(23)26)14-32(16-21)17-30(13-19-9-10-24-25(12-19)40-18-39-24)27(36)31-29(38)34(28(30)37)22-5-2-1-3-6-22/h1-10,12,20-21H,11,13-18H2,(H,31,36,38)/t20-,21+,30+/m0/s1. The van der Waals surface area contributed by atoms with Crippen molar-refractivity contribution in [1.29, 1.82) is 0 Å². The van der Waals surface area contributed by atoms with E-state index in [1.165, 1.54) is 0 Å². The van der Waals surface area contributed by atoms with Gasteiger partial charge >= 0.3 is 6.03 Å². The smallest absolute Gasteiger partial charge is 0.335 e. The molecule has 1 N–H and O–H groups in total. The fraction of sp³-hybridized carbons (Fsp3) is 0.333. The molecule has 40 heavy (non-hydrogen) atoms. The Morgan fingerprint density at radius 1 is 0.875 bits per heavy atom. The number of likely N-dealkylation sites (tertiary alicyclic amines) is 1. The third-order valence-corrected chi connectivity index (χ3v) is 8.48. The normalized spacial score (nSPS) is 25.5. The zero-order valence-corrected chi connectivity index (χ0v) is 21.7. The van der Waals surface area contributed by atoms with Crippen molar-refractivity contribution in [3.05, 3.63) is 88.3 Å². The minimum atomic E-state index is -1.57. The molecular weight excluding hydrogens is 512 g/mol. The number of rotatable bonds is 5. The molecule has 0 aliphatic carbocycles. The first-order chi connectivity index (χ1) is 19.4. The molecule has 0 radical (unpaired) electrons. The topological polar surface area (TPSA) is 110 Å². The van der Waals surface area contributed by atoms with Gasteiger partial charge in [-0.25, -0.2) is 9.69 Å². The van der Waals surface area contributed by atoms with Crippen molar-refractivity contribution in [2.75, 3.05) is 31.3 Å². The fourth-order valence-corrected chi connectivity index (χ4v) is 6.74. The van der Waals surface area contributed by atoms with Gasteiger partial charge in [0.2, 0.25) is 12.7 Å². The second kappa shape index (κ2) is 9.34. The molecule has 2 aromatic carbocycles. The third kappa shape index (κ3) is 3.98. The van der Waals surface area contributed by atoms with E-state index in [4.69, 9.17) is 9.47 Å². The van der Waals surface area contributed by atoms with E-state index in [0.717, 1.165) is 22.6 Å². The molecule has 3 aromatic rings. The Hall–Kier alpha value is -4.44. The monoisotopic (exact) mass is 540 g/mol. The number of imide groups is 2. The zero-order chi connectivity index (χ0) is 27.4. The third-order valence-electron chi connectivity index (χ3n) is 8.48. The number of hydrogen-bond acceptors (Lipinski definition) is 7. The molecule has 0 saturated carbocycles. The van der Waals surface area contributed by atoms with Crippen LogP contribution in [0.15, 0.2) is 71.5 Å². The Labute approximate surface area is 230 Å². The minimum absolute atomic E-state index is 0.00113. The summed E-state index contributed by atoms with van der Waals surface area (Å²) in [5.41, 5.74) is 0.539. The Morgan fingerprint density at radius 2 is 1.70 bits per heavy atom. The fourth-order valence-electron chi connectivity index (χ4n) is 6.74. The van der Waals surface area contributed by atoms with Crippen molar-refractivity contribution in [2.24, 2.45) is 11.3 Å². The average molecular weight is 541 g/mol. The predicted molar refractivity (Wildman–Crippen MR) is 144 cm³/mol. The number of piperidine rings is 1. The molecule has 7 rings (SSSR count). The van der Waals surface area contributed by atoms with Gasteiger partial charge in [-0.1, -0.05) is 30.3 Å². The molecule has 3 atom stereocenters. The van der Waals surface area contributed by atoms with Crippen LogP contribution in [0, 0.1) is 11.3 Å². The van der Waals surface area contributed by atoms with Crippen molar-refractivity contribution < 1.29 is 23.9 Å². The number of nitrogens with zero attached hydrogens (tertiary/aromatic N) is 3. The average Bonchev–Trinajstić information content (AvgIpc) is 3.41. The van der Waals surface area contributed by atoms with E-state index in [-0.39, 0.29) is 37.2 Å². The molecular formula is C30H28N4O6. The van der Waals surface area contributed by atoms with Crippen LogP contribution in [-0.2, 0) is 22.6 Å². The van der Waals surface area contributed by atoms with Crippen molar-refractivity contribution >= 4 is 23.5 Å². The number of pyridine rings is 1. The molecule has 4 aliphatic heterocycles. The van der Waals surface area contributed by atoms with Gasteiger partial charge in [-0.3, -0.25) is 19.7 Å². The summed E-state index contributed by atoms with van der Waals surface area (Å²) < 4.78 is 12.9. The highest BCUT2D eigenvalue weighted by Crippen LogP contribution is 2.40. The number of urea groups is 1. The van der Waals surface area contributed by atoms with Crippen LogP contribution in [0.4, 0.5) is 10.5 Å². The molecule has 2 fully saturated rings. The van der Waals surface area contributed by atoms with E-state index < -0.39 is 23.3 Å². The first-order valence-corrected chi connectivity index (χ1v) is 13.5. The number of hydrogen-bond donors (Lipinski definition) is 1. The quantitative estimate of drug-likeness (QED) is 0.495. The van der Waals surface area contributed by atoms with E-state index >= 15 is 0 Å². The summed E-state index contributed by atoms with van der Waals surface area (Å²) in [5.74, 6) is 0.315. The van der Waals surface area contributed by atoms with Crippen LogP contribution in [0.1, 0.15) is 23.6 Å². The number of anilines is 1. The van der Waals surface area contributed by atoms with Crippen LogP contribution in [0.5, 0.6) is 11.5 Å². The van der Waals surface area contributed by atoms with Crippen molar-refractivity contribution in [3.8, 4) is 11.5 Å². The Bertz CT molecular complexity index is 1590. The SMILES string of the molecule is O=C1NC(=O)[C@@](Cc2ccc3c(c2)OCO3)(CN2C[C@@H]3C[C@H](C2)c2cccc(=O)n2C3)C(=O)N1c1ccccc1.